The van der Waals surface area contributed by atoms with Crippen LogP contribution in [0.15, 0.2) is 24.3 Å². The van der Waals surface area contributed by atoms with Crippen LogP contribution < -0.4 is 10.6 Å². The van der Waals surface area contributed by atoms with E-state index in [2.05, 4.69) is 41.8 Å². The fourth-order valence-electron chi connectivity index (χ4n) is 1.99. The summed E-state index contributed by atoms with van der Waals surface area (Å²) >= 11 is 0. The molecule has 2 nitrogen and oxygen atoms in total. The van der Waals surface area contributed by atoms with Crippen LogP contribution in [0.1, 0.15) is 24.0 Å². The highest BCUT2D eigenvalue weighted by atomic mass is 15.0. The lowest BCUT2D eigenvalue weighted by atomic mass is 10.1. The number of nitrogens with one attached hydrogen (secondary N) is 2. The van der Waals surface area contributed by atoms with E-state index in [0.29, 0.717) is 6.04 Å². The van der Waals surface area contributed by atoms with Crippen molar-refractivity contribution in [3.05, 3.63) is 35.4 Å². The molecule has 1 saturated heterocycles. The summed E-state index contributed by atoms with van der Waals surface area (Å²) in [4.78, 5) is 0. The van der Waals surface area contributed by atoms with Crippen LogP contribution in [0.2, 0.25) is 0 Å². The maximum Gasteiger partial charge on any atom is 0.0208 e. The van der Waals surface area contributed by atoms with Crippen LogP contribution in [-0.2, 0) is 6.54 Å². The van der Waals surface area contributed by atoms with Gasteiger partial charge in [-0.25, -0.2) is 0 Å². The Hall–Kier alpha value is -0.860. The van der Waals surface area contributed by atoms with Gasteiger partial charge in [-0.2, -0.15) is 0 Å². The zero-order valence-corrected chi connectivity index (χ0v) is 9.42. The number of hydrogen-bond donors (Lipinski definition) is 2. The Labute approximate surface area is 92.1 Å². The summed E-state index contributed by atoms with van der Waals surface area (Å²) in [5, 5.41) is 7.01. The van der Waals surface area contributed by atoms with E-state index in [-0.39, 0.29) is 0 Å². The summed E-state index contributed by atoms with van der Waals surface area (Å²) < 4.78 is 0. The van der Waals surface area contributed by atoms with Gasteiger partial charge < -0.3 is 10.6 Å². The Morgan fingerprint density at radius 3 is 2.80 bits per heavy atom. The van der Waals surface area contributed by atoms with Crippen molar-refractivity contribution >= 4 is 0 Å². The highest BCUT2D eigenvalue weighted by molar-refractivity contribution is 5.21. The van der Waals surface area contributed by atoms with Crippen molar-refractivity contribution in [2.24, 2.45) is 0 Å². The first-order valence-corrected chi connectivity index (χ1v) is 5.84. The smallest absolute Gasteiger partial charge is 0.0208 e. The summed E-state index contributed by atoms with van der Waals surface area (Å²) in [5.41, 5.74) is 2.71. The summed E-state index contributed by atoms with van der Waals surface area (Å²) in [7, 11) is 0. The monoisotopic (exact) mass is 204 g/mol. The third-order valence-corrected chi connectivity index (χ3v) is 3.01. The third-order valence-electron chi connectivity index (χ3n) is 3.01. The number of aryl methyl sites for hydroxylation is 1. The Balaban J connectivity index is 1.79. The molecule has 1 unspecified atom stereocenters. The molecule has 1 aliphatic heterocycles. The van der Waals surface area contributed by atoms with E-state index in [1.165, 1.54) is 30.5 Å². The zero-order chi connectivity index (χ0) is 10.5. The van der Waals surface area contributed by atoms with E-state index in [1.807, 2.05) is 0 Å². The fourth-order valence-corrected chi connectivity index (χ4v) is 1.99. The quantitative estimate of drug-likeness (QED) is 0.785. The Bertz CT molecular complexity index is 286. The summed E-state index contributed by atoms with van der Waals surface area (Å²) in [6.45, 7) is 5.42. The van der Waals surface area contributed by atoms with Crippen molar-refractivity contribution < 1.29 is 0 Å². The van der Waals surface area contributed by atoms with Crippen molar-refractivity contribution in [1.29, 1.82) is 0 Å². The number of piperidine rings is 1. The molecule has 1 aliphatic rings. The van der Waals surface area contributed by atoms with Gasteiger partial charge in [0.2, 0.25) is 0 Å². The molecule has 2 N–H and O–H groups in total. The summed E-state index contributed by atoms with van der Waals surface area (Å²) in [6.07, 6.45) is 2.60. The van der Waals surface area contributed by atoms with Gasteiger partial charge in [0, 0.05) is 19.1 Å². The molecule has 0 spiro atoms. The Morgan fingerprint density at radius 1 is 1.33 bits per heavy atom. The molecule has 1 heterocycles. The van der Waals surface area contributed by atoms with Crippen molar-refractivity contribution in [3.63, 3.8) is 0 Å². The Morgan fingerprint density at radius 2 is 2.13 bits per heavy atom. The fraction of sp³-hybridized carbons (Fsp3) is 0.538. The minimum absolute atomic E-state index is 0.653. The molecule has 15 heavy (non-hydrogen) atoms. The standard InChI is InChI=1S/C13H20N2/c1-11-4-6-12(7-5-11)9-15-13-3-2-8-14-10-13/h4-7,13-15H,2-3,8-10H2,1H3. The summed E-state index contributed by atoms with van der Waals surface area (Å²) in [5.74, 6) is 0. The van der Waals surface area contributed by atoms with Crippen LogP contribution in [0.25, 0.3) is 0 Å². The number of rotatable bonds is 3. The van der Waals surface area contributed by atoms with E-state index in [4.69, 9.17) is 0 Å². The van der Waals surface area contributed by atoms with Gasteiger partial charge in [0.15, 0.2) is 0 Å². The van der Waals surface area contributed by atoms with Gasteiger partial charge in [-0.15, -0.1) is 0 Å². The molecule has 0 saturated carbocycles. The molecule has 0 aliphatic carbocycles. The van der Waals surface area contributed by atoms with Crippen LogP contribution in [0.3, 0.4) is 0 Å². The van der Waals surface area contributed by atoms with Crippen LogP contribution in [0.4, 0.5) is 0 Å². The van der Waals surface area contributed by atoms with Crippen LogP contribution in [0.5, 0.6) is 0 Å². The molecule has 0 aromatic heterocycles. The van der Waals surface area contributed by atoms with Crippen molar-refractivity contribution in [1.82, 2.24) is 10.6 Å². The van der Waals surface area contributed by atoms with Crippen LogP contribution in [-0.4, -0.2) is 19.1 Å². The first-order chi connectivity index (χ1) is 7.34. The average Bonchev–Trinajstić information content (AvgIpc) is 2.30. The van der Waals surface area contributed by atoms with E-state index in [1.54, 1.807) is 0 Å². The molecule has 0 bridgehead atoms. The van der Waals surface area contributed by atoms with Gasteiger partial charge in [0.05, 0.1) is 0 Å². The average molecular weight is 204 g/mol. The molecule has 1 aromatic rings. The van der Waals surface area contributed by atoms with Crippen LogP contribution in [0, 0.1) is 6.92 Å². The van der Waals surface area contributed by atoms with Crippen molar-refractivity contribution in [2.45, 2.75) is 32.4 Å². The van der Waals surface area contributed by atoms with E-state index in [0.717, 1.165) is 13.1 Å². The van der Waals surface area contributed by atoms with Gasteiger partial charge in [-0.3, -0.25) is 0 Å². The minimum atomic E-state index is 0.653. The largest absolute Gasteiger partial charge is 0.315 e. The van der Waals surface area contributed by atoms with Gasteiger partial charge >= 0.3 is 0 Å². The second-order valence-corrected chi connectivity index (χ2v) is 4.41. The molecule has 1 aromatic carbocycles. The zero-order valence-electron chi connectivity index (χ0n) is 9.42. The highest BCUT2D eigenvalue weighted by Gasteiger charge is 2.11. The molecule has 0 radical (unpaired) electrons. The molecule has 2 heteroatoms. The Kier molecular flexibility index (Phi) is 3.75. The van der Waals surface area contributed by atoms with E-state index >= 15 is 0 Å². The van der Waals surface area contributed by atoms with E-state index in [9.17, 15) is 0 Å². The minimum Gasteiger partial charge on any atom is -0.315 e. The second-order valence-electron chi connectivity index (χ2n) is 4.41. The maximum atomic E-state index is 3.59. The first-order valence-electron chi connectivity index (χ1n) is 5.84. The molecule has 0 amide bonds. The topological polar surface area (TPSA) is 24.1 Å². The lowest BCUT2D eigenvalue weighted by molar-refractivity contribution is 0.389. The lowest BCUT2D eigenvalue weighted by Gasteiger charge is -2.23. The lowest BCUT2D eigenvalue weighted by Crippen LogP contribution is -2.42. The van der Waals surface area contributed by atoms with Gasteiger partial charge in [-0.05, 0) is 31.9 Å². The number of hydrogen-bond acceptors (Lipinski definition) is 2. The predicted octanol–water partition coefficient (Wildman–Crippen LogP) is 1.84. The molecular weight excluding hydrogens is 184 g/mol. The predicted molar refractivity (Wildman–Crippen MR) is 63.9 cm³/mol. The first kappa shape index (κ1) is 10.7. The van der Waals surface area contributed by atoms with E-state index < -0.39 is 0 Å². The normalized spacial score (nSPS) is 21.5. The second kappa shape index (κ2) is 5.29. The molecular formula is C13H20N2. The van der Waals surface area contributed by atoms with Crippen molar-refractivity contribution in [3.8, 4) is 0 Å². The van der Waals surface area contributed by atoms with Gasteiger partial charge in [-0.1, -0.05) is 29.8 Å². The maximum absolute atomic E-state index is 3.59. The molecule has 1 fully saturated rings. The molecule has 82 valence electrons. The molecule has 1 atom stereocenters. The third kappa shape index (κ3) is 3.33. The van der Waals surface area contributed by atoms with Gasteiger partial charge in [0.25, 0.3) is 0 Å². The van der Waals surface area contributed by atoms with Gasteiger partial charge in [0.1, 0.15) is 0 Å². The molecule has 2 rings (SSSR count). The highest BCUT2D eigenvalue weighted by Crippen LogP contribution is 2.05. The SMILES string of the molecule is Cc1ccc(CNC2CCCNC2)cc1. The summed E-state index contributed by atoms with van der Waals surface area (Å²) in [6, 6.07) is 9.42. The van der Waals surface area contributed by atoms with Crippen LogP contribution >= 0.6 is 0 Å². The van der Waals surface area contributed by atoms with Crippen molar-refractivity contribution in [2.75, 3.05) is 13.1 Å². The number of benzene rings is 1.